The third-order valence-electron chi connectivity index (χ3n) is 1.83. The molecule has 2 rings (SSSR count). The van der Waals surface area contributed by atoms with Gasteiger partial charge < -0.3 is 14.3 Å². The average Bonchev–Trinajstić information content (AvgIpc) is 2.57. The Labute approximate surface area is 80.3 Å². The Morgan fingerprint density at radius 3 is 2.86 bits per heavy atom. The summed E-state index contributed by atoms with van der Waals surface area (Å²) in [5, 5.41) is 11.1. The maximum absolute atomic E-state index is 10.1. The Balaban J connectivity index is 2.40. The Kier molecular flexibility index (Phi) is 2.07. The molecule has 0 aliphatic carbocycles. The molecule has 0 radical (unpaired) electrons. The number of benzene rings is 1. The van der Waals surface area contributed by atoms with Gasteiger partial charge in [0.15, 0.2) is 0 Å². The van der Waals surface area contributed by atoms with Gasteiger partial charge in [-0.25, -0.2) is 0 Å². The van der Waals surface area contributed by atoms with Crippen molar-refractivity contribution in [3.63, 3.8) is 0 Å². The van der Waals surface area contributed by atoms with Crippen LogP contribution in [-0.2, 0) is 4.79 Å². The molecular formula is C11H7O3-. The van der Waals surface area contributed by atoms with E-state index in [4.69, 9.17) is 4.42 Å². The molecule has 3 nitrogen and oxygen atoms in total. The van der Waals surface area contributed by atoms with Crippen LogP contribution in [0.1, 0.15) is 5.76 Å². The summed E-state index contributed by atoms with van der Waals surface area (Å²) in [6.07, 6.45) is 2.31. The number of rotatable bonds is 2. The monoisotopic (exact) mass is 187 g/mol. The van der Waals surface area contributed by atoms with Crippen LogP contribution in [0.4, 0.5) is 0 Å². The summed E-state index contributed by atoms with van der Waals surface area (Å²) in [7, 11) is 0. The highest BCUT2D eigenvalue weighted by Crippen LogP contribution is 2.19. The second-order valence-corrected chi connectivity index (χ2v) is 2.84. The largest absolute Gasteiger partial charge is 0.545 e. The first-order chi connectivity index (χ1) is 6.75. The van der Waals surface area contributed by atoms with Crippen molar-refractivity contribution in [1.29, 1.82) is 0 Å². The molecule has 0 aliphatic rings. The summed E-state index contributed by atoms with van der Waals surface area (Å²) in [6.45, 7) is 0. The number of furan rings is 1. The molecule has 0 aliphatic heterocycles. The Morgan fingerprint density at radius 2 is 2.14 bits per heavy atom. The molecule has 14 heavy (non-hydrogen) atoms. The zero-order valence-corrected chi connectivity index (χ0v) is 7.27. The van der Waals surface area contributed by atoms with Crippen molar-refractivity contribution in [1.82, 2.24) is 0 Å². The minimum Gasteiger partial charge on any atom is -0.545 e. The number of carbonyl (C=O) groups excluding carboxylic acids is 1. The lowest BCUT2D eigenvalue weighted by Gasteiger charge is -1.88. The second-order valence-electron chi connectivity index (χ2n) is 2.84. The van der Waals surface area contributed by atoms with Crippen molar-refractivity contribution in [2.75, 3.05) is 0 Å². The predicted octanol–water partition coefficient (Wildman–Crippen LogP) is 1.20. The fraction of sp³-hybridized carbons (Fsp3) is 0. The molecule has 3 heteroatoms. The van der Waals surface area contributed by atoms with Gasteiger partial charge in [0.25, 0.3) is 0 Å². The van der Waals surface area contributed by atoms with Gasteiger partial charge >= 0.3 is 0 Å². The molecule has 0 bridgehead atoms. The number of carboxylic acid groups (broad SMARTS) is 1. The Hall–Kier alpha value is -2.03. The highest BCUT2D eigenvalue weighted by Gasteiger charge is 1.98. The first kappa shape index (κ1) is 8.56. The summed E-state index contributed by atoms with van der Waals surface area (Å²) in [6, 6.07) is 9.25. The van der Waals surface area contributed by atoms with E-state index in [0.717, 1.165) is 17.0 Å². The van der Waals surface area contributed by atoms with Crippen LogP contribution in [0.25, 0.3) is 17.0 Å². The van der Waals surface area contributed by atoms with Crippen LogP contribution in [0.2, 0.25) is 0 Å². The first-order valence-electron chi connectivity index (χ1n) is 4.13. The van der Waals surface area contributed by atoms with E-state index in [2.05, 4.69) is 0 Å². The molecule has 0 atom stereocenters. The topological polar surface area (TPSA) is 53.3 Å². The van der Waals surface area contributed by atoms with Crippen LogP contribution in [-0.4, -0.2) is 5.97 Å². The van der Waals surface area contributed by atoms with E-state index < -0.39 is 5.97 Å². The smallest absolute Gasteiger partial charge is 0.134 e. The third-order valence-corrected chi connectivity index (χ3v) is 1.83. The van der Waals surface area contributed by atoms with Crippen molar-refractivity contribution in [2.45, 2.75) is 0 Å². The molecule has 0 unspecified atom stereocenters. The molecule has 0 N–H and O–H groups in total. The summed E-state index contributed by atoms with van der Waals surface area (Å²) in [5.41, 5.74) is 0.741. The highest BCUT2D eigenvalue weighted by atomic mass is 16.4. The highest BCUT2D eigenvalue weighted by molar-refractivity contribution is 5.85. The summed E-state index contributed by atoms with van der Waals surface area (Å²) < 4.78 is 5.34. The zero-order valence-electron chi connectivity index (χ0n) is 7.27. The number of hydrogen-bond donors (Lipinski definition) is 0. The van der Waals surface area contributed by atoms with Gasteiger partial charge in [-0.15, -0.1) is 0 Å². The lowest BCUT2D eigenvalue weighted by Crippen LogP contribution is -2.18. The molecule has 0 spiro atoms. The fourth-order valence-electron chi connectivity index (χ4n) is 1.23. The molecule has 0 amide bonds. The summed E-state index contributed by atoms with van der Waals surface area (Å²) in [4.78, 5) is 10.1. The van der Waals surface area contributed by atoms with Gasteiger partial charge in [0.1, 0.15) is 11.3 Å². The SMILES string of the molecule is O=C([O-])/C=C/c1cc2ccccc2o1. The molecule has 1 aromatic heterocycles. The van der Waals surface area contributed by atoms with E-state index in [9.17, 15) is 9.90 Å². The van der Waals surface area contributed by atoms with Crippen LogP contribution >= 0.6 is 0 Å². The van der Waals surface area contributed by atoms with E-state index in [0.29, 0.717) is 5.76 Å². The van der Waals surface area contributed by atoms with Gasteiger partial charge in [-0.1, -0.05) is 18.2 Å². The maximum atomic E-state index is 10.1. The van der Waals surface area contributed by atoms with Crippen molar-refractivity contribution in [3.05, 3.63) is 42.2 Å². The quantitative estimate of drug-likeness (QED) is 0.663. The second kappa shape index (κ2) is 3.38. The van der Waals surface area contributed by atoms with Crippen LogP contribution in [0, 0.1) is 0 Å². The molecule has 2 aromatic rings. The molecule has 0 saturated heterocycles. The van der Waals surface area contributed by atoms with Crippen molar-refractivity contribution in [2.24, 2.45) is 0 Å². The molecular weight excluding hydrogens is 180 g/mol. The summed E-state index contributed by atoms with van der Waals surface area (Å²) in [5.74, 6) is -0.721. The van der Waals surface area contributed by atoms with E-state index in [1.165, 1.54) is 6.08 Å². The first-order valence-corrected chi connectivity index (χ1v) is 4.13. The van der Waals surface area contributed by atoms with Crippen molar-refractivity contribution < 1.29 is 14.3 Å². The Morgan fingerprint density at radius 1 is 1.36 bits per heavy atom. The maximum Gasteiger partial charge on any atom is 0.134 e. The lowest BCUT2D eigenvalue weighted by molar-refractivity contribution is -0.297. The third kappa shape index (κ3) is 1.66. The molecule has 0 fully saturated rings. The number of carboxylic acids is 1. The van der Waals surface area contributed by atoms with Crippen LogP contribution in [0.3, 0.4) is 0 Å². The number of carbonyl (C=O) groups is 1. The van der Waals surface area contributed by atoms with E-state index in [1.807, 2.05) is 24.3 Å². The standard InChI is InChI=1S/C11H8O3/c12-11(13)6-5-9-7-8-3-1-2-4-10(8)14-9/h1-7H,(H,12,13)/p-1/b6-5+. The lowest BCUT2D eigenvalue weighted by atomic mass is 10.2. The van der Waals surface area contributed by atoms with E-state index in [-0.39, 0.29) is 0 Å². The normalized spacial score (nSPS) is 11.1. The van der Waals surface area contributed by atoms with Gasteiger partial charge in [0.2, 0.25) is 0 Å². The number of para-hydroxylation sites is 1. The van der Waals surface area contributed by atoms with Crippen LogP contribution < -0.4 is 5.11 Å². The Bertz CT molecular complexity index is 461. The van der Waals surface area contributed by atoms with E-state index in [1.54, 1.807) is 6.07 Å². The number of fused-ring (bicyclic) bond motifs is 1. The average molecular weight is 187 g/mol. The summed E-state index contributed by atoms with van der Waals surface area (Å²) >= 11 is 0. The van der Waals surface area contributed by atoms with Crippen LogP contribution in [0.5, 0.6) is 0 Å². The van der Waals surface area contributed by atoms with Gasteiger partial charge in [0, 0.05) is 5.39 Å². The number of hydrogen-bond acceptors (Lipinski definition) is 3. The van der Waals surface area contributed by atoms with Gasteiger partial charge in [-0.3, -0.25) is 0 Å². The molecule has 70 valence electrons. The van der Waals surface area contributed by atoms with E-state index >= 15 is 0 Å². The fourth-order valence-corrected chi connectivity index (χ4v) is 1.23. The molecule has 0 saturated carbocycles. The van der Waals surface area contributed by atoms with Gasteiger partial charge in [-0.2, -0.15) is 0 Å². The van der Waals surface area contributed by atoms with Gasteiger partial charge in [-0.05, 0) is 24.3 Å². The van der Waals surface area contributed by atoms with Gasteiger partial charge in [0.05, 0.1) is 5.97 Å². The molecule has 1 heterocycles. The van der Waals surface area contributed by atoms with Crippen molar-refractivity contribution in [3.8, 4) is 0 Å². The minimum absolute atomic E-state index is 0.510. The minimum atomic E-state index is -1.23. The van der Waals surface area contributed by atoms with Crippen LogP contribution in [0.15, 0.2) is 40.8 Å². The zero-order chi connectivity index (χ0) is 9.97. The molecule has 1 aromatic carbocycles. The predicted molar refractivity (Wildman–Crippen MR) is 50.3 cm³/mol. The number of aliphatic carboxylic acids is 1. The van der Waals surface area contributed by atoms with Crippen molar-refractivity contribution >= 4 is 23.0 Å².